The summed E-state index contributed by atoms with van der Waals surface area (Å²) in [6.07, 6.45) is -6.12. The van der Waals surface area contributed by atoms with Gasteiger partial charge in [0.15, 0.2) is 0 Å². The zero-order valence-electron chi connectivity index (χ0n) is 16.4. The molecule has 0 amide bonds. The Labute approximate surface area is 175 Å². The first-order valence-electron chi connectivity index (χ1n) is 9.30. The molecule has 1 aliphatic rings. The largest absolute Gasteiger partial charge is 0.416 e. The third-order valence-electron chi connectivity index (χ3n) is 5.28. The third-order valence-corrected chi connectivity index (χ3v) is 5.28. The summed E-state index contributed by atoms with van der Waals surface area (Å²) in [5.41, 5.74) is -1.37. The third kappa shape index (κ3) is 4.39. The van der Waals surface area contributed by atoms with Gasteiger partial charge in [0.05, 0.1) is 35.4 Å². The molecular formula is C22H17F5N2O2. The number of alkyl halides is 4. The first kappa shape index (κ1) is 22.7. The second-order valence-corrected chi connectivity index (χ2v) is 7.09. The van der Waals surface area contributed by atoms with Crippen molar-refractivity contribution in [3.8, 4) is 12.1 Å². The number of ether oxygens (including phenoxy) is 2. The monoisotopic (exact) mass is 436 g/mol. The fourth-order valence-electron chi connectivity index (χ4n) is 4.03. The van der Waals surface area contributed by atoms with E-state index in [2.05, 4.69) is 0 Å². The van der Waals surface area contributed by atoms with Crippen LogP contribution in [0.25, 0.3) is 0 Å². The van der Waals surface area contributed by atoms with Crippen molar-refractivity contribution in [2.75, 3.05) is 13.9 Å². The van der Waals surface area contributed by atoms with Gasteiger partial charge >= 0.3 is 6.18 Å². The van der Waals surface area contributed by atoms with Crippen molar-refractivity contribution < 1.29 is 31.4 Å². The number of methoxy groups -OCH3 is 1. The van der Waals surface area contributed by atoms with Crippen LogP contribution < -0.4 is 0 Å². The molecule has 1 aliphatic carbocycles. The molecule has 0 heterocycles. The van der Waals surface area contributed by atoms with Gasteiger partial charge in [-0.15, -0.1) is 0 Å². The summed E-state index contributed by atoms with van der Waals surface area (Å²) in [5.74, 6) is -1.52. The normalized spacial score (nSPS) is 18.2. The molecule has 0 saturated carbocycles. The highest BCUT2D eigenvalue weighted by Gasteiger charge is 2.38. The van der Waals surface area contributed by atoms with Crippen LogP contribution in [0.3, 0.4) is 0 Å². The van der Waals surface area contributed by atoms with Gasteiger partial charge in [-0.1, -0.05) is 6.07 Å². The molecule has 2 aromatic rings. The molecule has 0 saturated heterocycles. The maximum absolute atomic E-state index is 14.5. The zero-order valence-corrected chi connectivity index (χ0v) is 16.4. The average Bonchev–Trinajstić information content (AvgIpc) is 2.72. The van der Waals surface area contributed by atoms with Crippen molar-refractivity contribution in [1.29, 1.82) is 10.5 Å². The fourth-order valence-corrected chi connectivity index (χ4v) is 4.03. The highest BCUT2D eigenvalue weighted by molar-refractivity contribution is 5.57. The summed E-state index contributed by atoms with van der Waals surface area (Å²) in [6, 6.07) is 7.62. The summed E-state index contributed by atoms with van der Waals surface area (Å²) >= 11 is 0. The van der Waals surface area contributed by atoms with Gasteiger partial charge in [0, 0.05) is 18.6 Å². The molecule has 0 unspecified atom stereocenters. The van der Waals surface area contributed by atoms with Gasteiger partial charge in [-0.05, 0) is 47.7 Å². The summed E-state index contributed by atoms with van der Waals surface area (Å²) in [4.78, 5) is 0. The van der Waals surface area contributed by atoms with Gasteiger partial charge in [0.25, 0.3) is 0 Å². The van der Waals surface area contributed by atoms with Crippen LogP contribution in [0.15, 0.2) is 24.3 Å². The Morgan fingerprint density at radius 1 is 1.10 bits per heavy atom. The number of hydrogen-bond donors (Lipinski definition) is 0. The number of hydrogen-bond acceptors (Lipinski definition) is 4. The number of fused-ring (bicyclic) bond motifs is 1. The van der Waals surface area contributed by atoms with Crippen molar-refractivity contribution in [2.24, 2.45) is 0 Å². The second kappa shape index (κ2) is 9.01. The maximum atomic E-state index is 14.5. The first-order chi connectivity index (χ1) is 14.7. The van der Waals surface area contributed by atoms with Crippen LogP contribution in [-0.2, 0) is 22.3 Å². The Morgan fingerprint density at radius 2 is 1.84 bits per heavy atom. The highest BCUT2D eigenvalue weighted by atomic mass is 19.4. The molecule has 0 aromatic heterocycles. The molecule has 2 aromatic carbocycles. The smallest absolute Gasteiger partial charge is 0.359 e. The Bertz CT molecular complexity index is 1070. The van der Waals surface area contributed by atoms with Crippen LogP contribution in [0.4, 0.5) is 22.0 Å². The Hall–Kier alpha value is -3.01. The Kier molecular flexibility index (Phi) is 6.59. The standard InChI is InChI=1S/C22H17F5N2O2/c1-30-11-31-10-18-17(9-29)14(2-4-19(18)22(25,26)27)15-3-5-20(24)16-7-13(23)6-12(8-28)21(15)16/h2,4,6-7,15,20H,3,5,10-11H2,1H3/t15-,20+/m1/s1. The molecule has 4 nitrogen and oxygen atoms in total. The van der Waals surface area contributed by atoms with E-state index in [1.165, 1.54) is 13.2 Å². The van der Waals surface area contributed by atoms with E-state index in [9.17, 15) is 32.5 Å². The second-order valence-electron chi connectivity index (χ2n) is 7.09. The molecular weight excluding hydrogens is 419 g/mol. The topological polar surface area (TPSA) is 66.0 Å². The van der Waals surface area contributed by atoms with Gasteiger partial charge in [-0.2, -0.15) is 23.7 Å². The van der Waals surface area contributed by atoms with E-state index in [1.807, 2.05) is 12.1 Å². The van der Waals surface area contributed by atoms with Crippen molar-refractivity contribution in [3.05, 3.63) is 69.0 Å². The molecule has 162 valence electrons. The summed E-state index contributed by atoms with van der Waals surface area (Å²) in [5, 5.41) is 19.2. The lowest BCUT2D eigenvalue weighted by molar-refractivity contribution is -0.139. The molecule has 0 N–H and O–H groups in total. The van der Waals surface area contributed by atoms with E-state index in [4.69, 9.17) is 9.47 Å². The molecule has 0 spiro atoms. The Morgan fingerprint density at radius 3 is 2.45 bits per heavy atom. The van der Waals surface area contributed by atoms with E-state index in [0.29, 0.717) is 0 Å². The van der Waals surface area contributed by atoms with Crippen LogP contribution in [0, 0.1) is 28.5 Å². The maximum Gasteiger partial charge on any atom is 0.416 e. The van der Waals surface area contributed by atoms with E-state index in [1.54, 1.807) is 0 Å². The van der Waals surface area contributed by atoms with Crippen LogP contribution in [0.1, 0.15) is 63.9 Å². The van der Waals surface area contributed by atoms with Crippen LogP contribution >= 0.6 is 0 Å². The molecule has 0 radical (unpaired) electrons. The Balaban J connectivity index is 2.23. The number of benzene rings is 2. The molecule has 31 heavy (non-hydrogen) atoms. The average molecular weight is 436 g/mol. The zero-order chi connectivity index (χ0) is 22.8. The van der Waals surface area contributed by atoms with Gasteiger partial charge in [0.1, 0.15) is 18.8 Å². The lowest BCUT2D eigenvalue weighted by Gasteiger charge is -2.30. The van der Waals surface area contributed by atoms with Gasteiger partial charge in [-0.25, -0.2) is 8.78 Å². The SMILES string of the molecule is COCOCc1c(C(F)(F)F)ccc([C@H]2CC[C@H](F)c3cc(F)cc(C#N)c32)c1C#N. The van der Waals surface area contributed by atoms with Crippen molar-refractivity contribution in [3.63, 3.8) is 0 Å². The quantitative estimate of drug-likeness (QED) is 0.345. The van der Waals surface area contributed by atoms with Crippen molar-refractivity contribution in [1.82, 2.24) is 0 Å². The molecule has 0 fully saturated rings. The minimum absolute atomic E-state index is 0.0197. The van der Waals surface area contributed by atoms with E-state index in [-0.39, 0.29) is 53.0 Å². The summed E-state index contributed by atoms with van der Waals surface area (Å²) < 4.78 is 78.9. The fraction of sp³-hybridized carbons (Fsp3) is 0.364. The minimum atomic E-state index is -4.73. The first-order valence-corrected chi connectivity index (χ1v) is 9.30. The van der Waals surface area contributed by atoms with Crippen LogP contribution in [0.5, 0.6) is 0 Å². The number of halogens is 5. The molecule has 0 bridgehead atoms. The predicted molar refractivity (Wildman–Crippen MR) is 98.9 cm³/mol. The lowest BCUT2D eigenvalue weighted by Crippen LogP contribution is -2.19. The molecule has 0 aliphatic heterocycles. The predicted octanol–water partition coefficient (Wildman–Crippen LogP) is 5.64. The lowest BCUT2D eigenvalue weighted by atomic mass is 9.74. The summed E-state index contributed by atoms with van der Waals surface area (Å²) in [6.45, 7) is -0.806. The van der Waals surface area contributed by atoms with E-state index in [0.717, 1.165) is 18.2 Å². The van der Waals surface area contributed by atoms with E-state index >= 15 is 0 Å². The number of nitriles is 2. The highest BCUT2D eigenvalue weighted by Crippen LogP contribution is 2.47. The molecule has 2 atom stereocenters. The van der Waals surface area contributed by atoms with Crippen molar-refractivity contribution >= 4 is 0 Å². The minimum Gasteiger partial charge on any atom is -0.359 e. The van der Waals surface area contributed by atoms with E-state index < -0.39 is 36.3 Å². The van der Waals surface area contributed by atoms with Crippen LogP contribution in [0.2, 0.25) is 0 Å². The number of nitrogens with zero attached hydrogens (tertiary/aromatic N) is 2. The van der Waals surface area contributed by atoms with Crippen molar-refractivity contribution in [2.45, 2.75) is 37.7 Å². The van der Waals surface area contributed by atoms with Gasteiger partial charge < -0.3 is 9.47 Å². The van der Waals surface area contributed by atoms with Gasteiger partial charge in [0.2, 0.25) is 0 Å². The molecule has 3 rings (SSSR count). The summed E-state index contributed by atoms with van der Waals surface area (Å²) in [7, 11) is 1.31. The number of rotatable bonds is 5. The van der Waals surface area contributed by atoms with Crippen LogP contribution in [-0.4, -0.2) is 13.9 Å². The molecule has 9 heteroatoms. The van der Waals surface area contributed by atoms with Gasteiger partial charge in [-0.3, -0.25) is 0 Å².